The highest BCUT2D eigenvalue weighted by Gasteiger charge is 2.16. The van der Waals surface area contributed by atoms with Crippen molar-refractivity contribution in [1.82, 2.24) is 10.3 Å². The van der Waals surface area contributed by atoms with Crippen LogP contribution in [0, 0.1) is 6.92 Å². The van der Waals surface area contributed by atoms with E-state index in [0.29, 0.717) is 6.04 Å². The lowest BCUT2D eigenvalue weighted by Crippen LogP contribution is -2.12. The summed E-state index contributed by atoms with van der Waals surface area (Å²) in [5.41, 5.74) is 3.49. The molecule has 1 aromatic carbocycles. The molecule has 0 aliphatic rings. The molecule has 3 nitrogen and oxygen atoms in total. The van der Waals surface area contributed by atoms with Gasteiger partial charge in [0.05, 0.1) is 10.7 Å². The summed E-state index contributed by atoms with van der Waals surface area (Å²) >= 11 is 1.77. The largest absolute Gasteiger partial charge is 0.378 e. The predicted octanol–water partition coefficient (Wildman–Crippen LogP) is 3.46. The van der Waals surface area contributed by atoms with Crippen LogP contribution in [0.1, 0.15) is 22.9 Å². The molecule has 0 spiro atoms. The Morgan fingerprint density at radius 1 is 1.32 bits per heavy atom. The second kappa shape index (κ2) is 5.72. The first-order chi connectivity index (χ1) is 9.02. The van der Waals surface area contributed by atoms with Crippen molar-refractivity contribution in [1.29, 1.82) is 0 Å². The first kappa shape index (κ1) is 14.0. The van der Waals surface area contributed by atoms with Crippen LogP contribution in [-0.2, 0) is 0 Å². The third kappa shape index (κ3) is 2.96. The Hall–Kier alpha value is -1.39. The van der Waals surface area contributed by atoms with E-state index in [4.69, 9.17) is 4.98 Å². The Labute approximate surface area is 119 Å². The maximum atomic E-state index is 4.71. The van der Waals surface area contributed by atoms with E-state index in [2.05, 4.69) is 62.4 Å². The van der Waals surface area contributed by atoms with Gasteiger partial charge in [-0.15, -0.1) is 11.3 Å². The second-order valence-corrected chi connectivity index (χ2v) is 6.14. The highest BCUT2D eigenvalue weighted by molar-refractivity contribution is 7.12. The number of rotatable bonds is 4. The molecule has 0 saturated carbocycles. The molecule has 0 amide bonds. The lowest BCUT2D eigenvalue weighted by atomic mass is 10.1. The van der Waals surface area contributed by atoms with Crippen LogP contribution in [0.5, 0.6) is 0 Å². The lowest BCUT2D eigenvalue weighted by Gasteiger charge is -2.14. The Kier molecular flexibility index (Phi) is 4.22. The van der Waals surface area contributed by atoms with Gasteiger partial charge in [0, 0.05) is 36.3 Å². The number of aryl methyl sites for hydroxylation is 1. The summed E-state index contributed by atoms with van der Waals surface area (Å²) in [6, 6.07) is 8.86. The summed E-state index contributed by atoms with van der Waals surface area (Å²) in [7, 11) is 6.10. The molecule has 19 heavy (non-hydrogen) atoms. The maximum absolute atomic E-state index is 4.71. The Morgan fingerprint density at radius 2 is 2.05 bits per heavy atom. The number of hydrogen-bond donors (Lipinski definition) is 1. The van der Waals surface area contributed by atoms with Crippen molar-refractivity contribution >= 4 is 17.0 Å². The van der Waals surface area contributed by atoms with Gasteiger partial charge < -0.3 is 10.2 Å². The van der Waals surface area contributed by atoms with Crippen LogP contribution in [0.2, 0.25) is 0 Å². The first-order valence-electron chi connectivity index (χ1n) is 6.45. The minimum Gasteiger partial charge on any atom is -0.378 e. The quantitative estimate of drug-likeness (QED) is 0.926. The van der Waals surface area contributed by atoms with Gasteiger partial charge in [-0.2, -0.15) is 0 Å². The number of thiazole rings is 1. The van der Waals surface area contributed by atoms with E-state index in [9.17, 15) is 0 Å². The van der Waals surface area contributed by atoms with Crippen molar-refractivity contribution < 1.29 is 0 Å². The van der Waals surface area contributed by atoms with Gasteiger partial charge >= 0.3 is 0 Å². The third-order valence-corrected chi connectivity index (χ3v) is 4.38. The molecule has 1 atom stereocenters. The molecule has 2 aromatic rings. The molecule has 0 radical (unpaired) electrons. The van der Waals surface area contributed by atoms with Crippen molar-refractivity contribution in [3.05, 3.63) is 34.2 Å². The summed E-state index contributed by atoms with van der Waals surface area (Å²) in [5, 5.41) is 4.42. The van der Waals surface area contributed by atoms with E-state index in [1.165, 1.54) is 16.1 Å². The molecule has 1 N–H and O–H groups in total. The van der Waals surface area contributed by atoms with Crippen molar-refractivity contribution in [2.75, 3.05) is 26.0 Å². The Bertz CT molecular complexity index is 560. The Balaban J connectivity index is 2.49. The normalized spacial score (nSPS) is 12.5. The number of nitrogens with one attached hydrogen (secondary N) is 1. The van der Waals surface area contributed by atoms with Gasteiger partial charge in [0.1, 0.15) is 0 Å². The van der Waals surface area contributed by atoms with Crippen LogP contribution in [0.4, 0.5) is 5.69 Å². The predicted molar refractivity (Wildman–Crippen MR) is 84.1 cm³/mol. The molecular formula is C15H21N3S. The molecule has 0 saturated heterocycles. The molecule has 1 unspecified atom stereocenters. The number of anilines is 1. The van der Waals surface area contributed by atoms with Crippen molar-refractivity contribution in [2.24, 2.45) is 0 Å². The van der Waals surface area contributed by atoms with Gasteiger partial charge in [-0.05, 0) is 33.0 Å². The fourth-order valence-electron chi connectivity index (χ4n) is 2.01. The fourth-order valence-corrected chi connectivity index (χ4v) is 3.02. The molecule has 1 heterocycles. The minimum atomic E-state index is 0.323. The molecule has 0 aliphatic carbocycles. The Morgan fingerprint density at radius 3 is 2.68 bits per heavy atom. The maximum Gasteiger partial charge on any atom is 0.0905 e. The van der Waals surface area contributed by atoms with E-state index < -0.39 is 0 Å². The average molecular weight is 275 g/mol. The summed E-state index contributed by atoms with van der Waals surface area (Å²) in [5.74, 6) is 0. The van der Waals surface area contributed by atoms with Gasteiger partial charge in [-0.3, -0.25) is 0 Å². The number of nitrogens with zero attached hydrogens (tertiary/aromatic N) is 2. The smallest absolute Gasteiger partial charge is 0.0905 e. The van der Waals surface area contributed by atoms with Gasteiger partial charge in [0.15, 0.2) is 0 Å². The molecule has 102 valence electrons. The van der Waals surface area contributed by atoms with Crippen LogP contribution in [0.25, 0.3) is 11.3 Å². The number of hydrogen-bond acceptors (Lipinski definition) is 4. The van der Waals surface area contributed by atoms with E-state index >= 15 is 0 Å². The van der Waals surface area contributed by atoms with Gasteiger partial charge in [-0.25, -0.2) is 4.98 Å². The van der Waals surface area contributed by atoms with Crippen LogP contribution < -0.4 is 10.2 Å². The molecule has 0 bridgehead atoms. The van der Waals surface area contributed by atoms with Gasteiger partial charge in [0.2, 0.25) is 0 Å². The molecule has 0 fully saturated rings. The zero-order valence-corrected chi connectivity index (χ0v) is 13.0. The van der Waals surface area contributed by atoms with Crippen molar-refractivity contribution in [3.8, 4) is 11.3 Å². The van der Waals surface area contributed by atoms with Crippen LogP contribution in [-0.4, -0.2) is 26.1 Å². The lowest BCUT2D eigenvalue weighted by molar-refractivity contribution is 0.664. The summed E-state index contributed by atoms with van der Waals surface area (Å²) in [6.45, 7) is 4.24. The molecule has 4 heteroatoms. The minimum absolute atomic E-state index is 0.323. The zero-order chi connectivity index (χ0) is 14.0. The first-order valence-corrected chi connectivity index (χ1v) is 7.27. The summed E-state index contributed by atoms with van der Waals surface area (Å²) in [4.78, 5) is 8.13. The van der Waals surface area contributed by atoms with Gasteiger partial charge in [0.25, 0.3) is 0 Å². The average Bonchev–Trinajstić information content (AvgIpc) is 2.80. The molecule has 2 rings (SSSR count). The van der Waals surface area contributed by atoms with Crippen molar-refractivity contribution in [3.63, 3.8) is 0 Å². The number of benzene rings is 1. The van der Waals surface area contributed by atoms with Crippen LogP contribution in [0.3, 0.4) is 0 Å². The third-order valence-electron chi connectivity index (χ3n) is 3.22. The molecule has 1 aromatic heterocycles. The van der Waals surface area contributed by atoms with Crippen LogP contribution in [0.15, 0.2) is 24.3 Å². The van der Waals surface area contributed by atoms with E-state index in [1.807, 2.05) is 7.05 Å². The highest BCUT2D eigenvalue weighted by atomic mass is 32.1. The van der Waals surface area contributed by atoms with E-state index in [0.717, 1.165) is 10.7 Å². The summed E-state index contributed by atoms with van der Waals surface area (Å²) < 4.78 is 0. The molecular weight excluding hydrogens is 254 g/mol. The fraction of sp³-hybridized carbons (Fsp3) is 0.400. The van der Waals surface area contributed by atoms with Crippen LogP contribution >= 0.6 is 11.3 Å². The summed E-state index contributed by atoms with van der Waals surface area (Å²) in [6.07, 6.45) is 0. The van der Waals surface area contributed by atoms with E-state index in [1.54, 1.807) is 11.3 Å². The van der Waals surface area contributed by atoms with Gasteiger partial charge in [-0.1, -0.05) is 12.1 Å². The zero-order valence-electron chi connectivity index (χ0n) is 12.2. The molecule has 0 aliphatic heterocycles. The highest BCUT2D eigenvalue weighted by Crippen LogP contribution is 2.33. The monoisotopic (exact) mass is 275 g/mol. The van der Waals surface area contributed by atoms with E-state index in [-0.39, 0.29) is 0 Å². The SMILES string of the molecule is CNC(C)c1sc(C)nc1-c1cccc(N(C)C)c1. The standard InChI is InChI=1S/C15H21N3S/c1-10(16-3)15-14(17-11(2)19-15)12-7-6-8-13(9-12)18(4)5/h6-10,16H,1-5H3. The number of aromatic nitrogens is 1. The topological polar surface area (TPSA) is 28.2 Å². The second-order valence-electron chi connectivity index (χ2n) is 4.90. The van der Waals surface area contributed by atoms with Crippen molar-refractivity contribution in [2.45, 2.75) is 19.9 Å².